The highest BCUT2D eigenvalue weighted by molar-refractivity contribution is 6.35. The number of urea groups is 1. The van der Waals surface area contributed by atoms with Crippen LogP contribution in [0.4, 0.5) is 4.79 Å². The van der Waals surface area contributed by atoms with Crippen LogP contribution in [-0.2, 0) is 6.42 Å². The van der Waals surface area contributed by atoms with Gasteiger partial charge in [0.2, 0.25) is 0 Å². The minimum absolute atomic E-state index is 0.0247. The van der Waals surface area contributed by atoms with Crippen molar-refractivity contribution in [1.29, 1.82) is 0 Å². The summed E-state index contributed by atoms with van der Waals surface area (Å²) in [5.74, 6) is 0. The van der Waals surface area contributed by atoms with E-state index < -0.39 is 0 Å². The second-order valence-electron chi connectivity index (χ2n) is 6.14. The highest BCUT2D eigenvalue weighted by atomic mass is 35.5. The zero-order valence-electron chi connectivity index (χ0n) is 14.0. The summed E-state index contributed by atoms with van der Waals surface area (Å²) >= 11 is 12.0. The molecule has 0 unspecified atom stereocenters. The van der Waals surface area contributed by atoms with Crippen molar-refractivity contribution in [3.8, 4) is 0 Å². The lowest BCUT2D eigenvalue weighted by molar-refractivity contribution is 0.118. The number of likely N-dealkylation sites (N-methyl/N-ethyl adjacent to an activating group) is 1. The fourth-order valence-corrected chi connectivity index (χ4v) is 3.49. The van der Waals surface area contributed by atoms with Crippen LogP contribution >= 0.6 is 23.2 Å². The summed E-state index contributed by atoms with van der Waals surface area (Å²) in [6, 6.07) is 5.82. The number of rotatable bonds is 6. The molecule has 1 aromatic rings. The number of halogens is 2. The molecule has 7 heteroatoms. The number of nitrogens with one attached hydrogen (secondary N) is 1. The molecule has 1 aromatic carbocycles. The summed E-state index contributed by atoms with van der Waals surface area (Å²) < 4.78 is 0. The first-order valence-corrected chi connectivity index (χ1v) is 9.04. The maximum atomic E-state index is 12.2. The molecule has 0 aromatic heterocycles. The van der Waals surface area contributed by atoms with Gasteiger partial charge in [-0.05, 0) is 44.0 Å². The van der Waals surface area contributed by atoms with Crippen molar-refractivity contribution in [1.82, 2.24) is 15.1 Å². The lowest BCUT2D eigenvalue weighted by Crippen LogP contribution is -2.49. The fraction of sp³-hybridized carbons (Fsp3) is 0.588. The van der Waals surface area contributed by atoms with Crippen LogP contribution in [-0.4, -0.2) is 66.8 Å². The third kappa shape index (κ3) is 5.52. The van der Waals surface area contributed by atoms with Crippen molar-refractivity contribution < 1.29 is 9.90 Å². The Morgan fingerprint density at radius 3 is 2.71 bits per heavy atom. The molecule has 1 aliphatic heterocycles. The minimum Gasteiger partial charge on any atom is -0.395 e. The van der Waals surface area contributed by atoms with Gasteiger partial charge in [-0.1, -0.05) is 29.3 Å². The van der Waals surface area contributed by atoms with E-state index in [1.54, 1.807) is 12.1 Å². The number of likely N-dealkylation sites (tertiary alicyclic amines) is 1. The normalized spacial score (nSPS) is 15.8. The Kier molecular flexibility index (Phi) is 7.62. The highest BCUT2D eigenvalue weighted by Crippen LogP contribution is 2.21. The number of amides is 2. The molecule has 1 aliphatic rings. The van der Waals surface area contributed by atoms with Crippen molar-refractivity contribution in [3.63, 3.8) is 0 Å². The van der Waals surface area contributed by atoms with Crippen LogP contribution in [0.1, 0.15) is 18.4 Å². The monoisotopic (exact) mass is 373 g/mol. The first-order valence-electron chi connectivity index (χ1n) is 8.29. The van der Waals surface area contributed by atoms with Gasteiger partial charge >= 0.3 is 6.03 Å². The topological polar surface area (TPSA) is 55.8 Å². The van der Waals surface area contributed by atoms with Gasteiger partial charge in [0, 0.05) is 42.3 Å². The number of aliphatic hydroxyl groups is 1. The van der Waals surface area contributed by atoms with Crippen molar-refractivity contribution in [2.45, 2.75) is 25.3 Å². The average molecular weight is 374 g/mol. The Balaban J connectivity index is 1.72. The number of hydrogen-bond donors (Lipinski definition) is 2. The van der Waals surface area contributed by atoms with E-state index in [0.717, 1.165) is 31.5 Å². The molecule has 1 heterocycles. The van der Waals surface area contributed by atoms with E-state index >= 15 is 0 Å². The van der Waals surface area contributed by atoms with E-state index in [9.17, 15) is 4.79 Å². The van der Waals surface area contributed by atoms with E-state index in [1.807, 2.05) is 18.0 Å². The first kappa shape index (κ1) is 19.3. The zero-order chi connectivity index (χ0) is 17.5. The lowest BCUT2D eigenvalue weighted by Gasteiger charge is -2.36. The zero-order valence-corrected chi connectivity index (χ0v) is 15.5. The van der Waals surface area contributed by atoms with Crippen molar-refractivity contribution in [3.05, 3.63) is 33.8 Å². The Morgan fingerprint density at radius 2 is 2.08 bits per heavy atom. The van der Waals surface area contributed by atoms with Crippen molar-refractivity contribution in [2.75, 3.05) is 39.8 Å². The van der Waals surface area contributed by atoms with Crippen LogP contribution < -0.4 is 5.32 Å². The van der Waals surface area contributed by atoms with Crippen LogP contribution in [0, 0.1) is 0 Å². The molecule has 0 spiro atoms. The summed E-state index contributed by atoms with van der Waals surface area (Å²) in [7, 11) is 2.02. The molecule has 0 radical (unpaired) electrons. The summed E-state index contributed by atoms with van der Waals surface area (Å²) in [4.78, 5) is 16.3. The molecule has 2 amide bonds. The predicted molar refractivity (Wildman–Crippen MR) is 97.9 cm³/mol. The smallest absolute Gasteiger partial charge is 0.317 e. The number of hydrogen-bond acceptors (Lipinski definition) is 3. The second kappa shape index (κ2) is 9.47. The Hall–Kier alpha value is -1.01. The van der Waals surface area contributed by atoms with Gasteiger partial charge in [-0.2, -0.15) is 0 Å². The maximum absolute atomic E-state index is 12.2. The van der Waals surface area contributed by atoms with E-state index in [0.29, 0.717) is 35.6 Å². The SMILES string of the molecule is CN(CCO)C1CCN(C(=O)NCCc2ccc(Cl)cc2Cl)CC1. The molecule has 0 aliphatic carbocycles. The predicted octanol–water partition coefficient (Wildman–Crippen LogP) is 2.63. The quantitative estimate of drug-likeness (QED) is 0.805. The maximum Gasteiger partial charge on any atom is 0.317 e. The number of carbonyl (C=O) groups is 1. The van der Waals surface area contributed by atoms with Gasteiger partial charge in [-0.15, -0.1) is 0 Å². The number of piperidine rings is 1. The largest absolute Gasteiger partial charge is 0.395 e. The Labute approximate surface area is 153 Å². The van der Waals surface area contributed by atoms with Crippen LogP contribution in [0.2, 0.25) is 10.0 Å². The van der Waals surface area contributed by atoms with E-state index in [2.05, 4.69) is 10.2 Å². The summed E-state index contributed by atoms with van der Waals surface area (Å²) in [5, 5.41) is 13.2. The fourth-order valence-electron chi connectivity index (χ4n) is 2.99. The second-order valence-corrected chi connectivity index (χ2v) is 6.98. The molecule has 1 fully saturated rings. The Bertz CT molecular complexity index is 549. The summed E-state index contributed by atoms with van der Waals surface area (Å²) in [6.07, 6.45) is 2.55. The van der Waals surface area contributed by atoms with Gasteiger partial charge in [0.15, 0.2) is 0 Å². The molecular formula is C17H25Cl2N3O2. The molecule has 0 saturated carbocycles. The van der Waals surface area contributed by atoms with Crippen LogP contribution in [0.3, 0.4) is 0 Å². The van der Waals surface area contributed by atoms with Crippen molar-refractivity contribution in [2.24, 2.45) is 0 Å². The molecule has 2 N–H and O–H groups in total. The molecule has 5 nitrogen and oxygen atoms in total. The summed E-state index contributed by atoms with van der Waals surface area (Å²) in [5.41, 5.74) is 0.978. The standard InChI is InChI=1S/C17H25Cl2N3O2/c1-21(10-11-23)15-5-8-22(9-6-15)17(24)20-7-4-13-2-3-14(18)12-16(13)19/h2-3,12,15,23H,4-11H2,1H3,(H,20,24). The van der Waals surface area contributed by atoms with Gasteiger partial charge in [0.25, 0.3) is 0 Å². The Morgan fingerprint density at radius 1 is 1.38 bits per heavy atom. The van der Waals surface area contributed by atoms with Gasteiger partial charge in [0.1, 0.15) is 0 Å². The highest BCUT2D eigenvalue weighted by Gasteiger charge is 2.24. The number of carbonyl (C=O) groups excluding carboxylic acids is 1. The van der Waals surface area contributed by atoms with Crippen LogP contribution in [0.15, 0.2) is 18.2 Å². The number of nitrogens with zero attached hydrogens (tertiary/aromatic N) is 2. The molecule has 0 atom stereocenters. The third-order valence-corrected chi connectivity index (χ3v) is 5.10. The molecule has 2 rings (SSSR count). The minimum atomic E-state index is -0.0247. The van der Waals surface area contributed by atoms with E-state index in [1.165, 1.54) is 0 Å². The van der Waals surface area contributed by atoms with Gasteiger partial charge in [-0.25, -0.2) is 4.79 Å². The molecule has 134 valence electrons. The summed E-state index contributed by atoms with van der Waals surface area (Å²) in [6.45, 7) is 2.88. The third-order valence-electron chi connectivity index (χ3n) is 4.51. The van der Waals surface area contributed by atoms with Gasteiger partial charge in [0.05, 0.1) is 6.61 Å². The van der Waals surface area contributed by atoms with Crippen molar-refractivity contribution >= 4 is 29.2 Å². The lowest BCUT2D eigenvalue weighted by atomic mass is 10.0. The molecule has 1 saturated heterocycles. The van der Waals surface area contributed by atoms with E-state index in [-0.39, 0.29) is 12.6 Å². The number of aliphatic hydroxyl groups excluding tert-OH is 1. The van der Waals surface area contributed by atoms with E-state index in [4.69, 9.17) is 28.3 Å². The van der Waals surface area contributed by atoms with Gasteiger partial charge < -0.3 is 20.2 Å². The van der Waals surface area contributed by atoms with Crippen LogP contribution in [0.25, 0.3) is 0 Å². The average Bonchev–Trinajstić information content (AvgIpc) is 2.57. The first-order chi connectivity index (χ1) is 11.5. The number of benzene rings is 1. The molecule has 24 heavy (non-hydrogen) atoms. The van der Waals surface area contributed by atoms with Crippen LogP contribution in [0.5, 0.6) is 0 Å². The molecule has 0 bridgehead atoms. The molecular weight excluding hydrogens is 349 g/mol. The van der Waals surface area contributed by atoms with Gasteiger partial charge in [-0.3, -0.25) is 0 Å².